The van der Waals surface area contributed by atoms with Crippen LogP contribution in [0.2, 0.25) is 0 Å². The van der Waals surface area contributed by atoms with E-state index in [1.54, 1.807) is 6.20 Å². The molecule has 1 saturated carbocycles. The smallest absolute Gasteiger partial charge is 0.223 e. The molecule has 3 aromatic rings. The molecule has 2 aromatic heterocycles. The minimum absolute atomic E-state index is 0.00211. The highest BCUT2D eigenvalue weighted by Gasteiger charge is 2.47. The van der Waals surface area contributed by atoms with E-state index < -0.39 is 0 Å². The van der Waals surface area contributed by atoms with Crippen molar-refractivity contribution in [3.8, 4) is 11.4 Å². The molecule has 3 heterocycles. The first-order valence-electron chi connectivity index (χ1n) is 11.7. The SMILES string of the molecule is CN1CCN(c2ccc(-c3nc4nccc(N[C@H]5[C@@H](C(N)=O)[C@@H]6C=C[C@H]5C6)c4[nH]3)cc2)CC1. The van der Waals surface area contributed by atoms with Crippen LogP contribution >= 0.6 is 0 Å². The van der Waals surface area contributed by atoms with Crippen LogP contribution in [0.1, 0.15) is 6.42 Å². The molecule has 1 aromatic carbocycles. The summed E-state index contributed by atoms with van der Waals surface area (Å²) in [5.74, 6) is 0.919. The second-order valence-electron chi connectivity index (χ2n) is 9.53. The predicted molar refractivity (Wildman–Crippen MR) is 130 cm³/mol. The van der Waals surface area contributed by atoms with Gasteiger partial charge in [0, 0.05) is 49.7 Å². The van der Waals surface area contributed by atoms with Gasteiger partial charge in [0.25, 0.3) is 0 Å². The zero-order valence-electron chi connectivity index (χ0n) is 18.7. The lowest BCUT2D eigenvalue weighted by Gasteiger charge is -2.34. The number of nitrogens with two attached hydrogens (primary N) is 1. The quantitative estimate of drug-likeness (QED) is 0.524. The molecule has 2 aliphatic carbocycles. The molecule has 0 radical (unpaired) electrons. The molecule has 4 atom stereocenters. The molecule has 1 saturated heterocycles. The molecule has 6 rings (SSSR count). The molecule has 170 valence electrons. The van der Waals surface area contributed by atoms with Crippen LogP contribution < -0.4 is 16.0 Å². The number of H-pyrrole nitrogens is 1. The van der Waals surface area contributed by atoms with Gasteiger partial charge < -0.3 is 25.8 Å². The van der Waals surface area contributed by atoms with Gasteiger partial charge in [0.15, 0.2) is 5.65 Å². The summed E-state index contributed by atoms with van der Waals surface area (Å²) in [5.41, 5.74) is 10.4. The summed E-state index contributed by atoms with van der Waals surface area (Å²) in [5, 5.41) is 3.59. The van der Waals surface area contributed by atoms with Gasteiger partial charge in [-0.25, -0.2) is 9.97 Å². The Hall–Kier alpha value is -3.39. The number of nitrogens with one attached hydrogen (secondary N) is 2. The number of benzene rings is 1. The lowest BCUT2D eigenvalue weighted by Crippen LogP contribution is -2.44. The van der Waals surface area contributed by atoms with Gasteiger partial charge in [-0.3, -0.25) is 4.79 Å². The maximum Gasteiger partial charge on any atom is 0.223 e. The van der Waals surface area contributed by atoms with Gasteiger partial charge in [-0.15, -0.1) is 0 Å². The van der Waals surface area contributed by atoms with Gasteiger partial charge >= 0.3 is 0 Å². The molecule has 2 bridgehead atoms. The molecule has 2 fully saturated rings. The molecule has 8 nitrogen and oxygen atoms in total. The van der Waals surface area contributed by atoms with Gasteiger partial charge in [0.1, 0.15) is 11.3 Å². The average molecular weight is 444 g/mol. The van der Waals surface area contributed by atoms with Crippen LogP contribution in [0.4, 0.5) is 11.4 Å². The van der Waals surface area contributed by atoms with Gasteiger partial charge in [0.2, 0.25) is 5.91 Å². The van der Waals surface area contributed by atoms with E-state index in [9.17, 15) is 4.79 Å². The number of hydrogen-bond acceptors (Lipinski definition) is 6. The fraction of sp³-hybridized carbons (Fsp3) is 0.400. The van der Waals surface area contributed by atoms with Crippen LogP contribution in [-0.2, 0) is 4.79 Å². The van der Waals surface area contributed by atoms with Crippen molar-refractivity contribution in [1.82, 2.24) is 19.9 Å². The summed E-state index contributed by atoms with van der Waals surface area (Å²) >= 11 is 0. The van der Waals surface area contributed by atoms with Crippen molar-refractivity contribution in [1.29, 1.82) is 0 Å². The van der Waals surface area contributed by atoms with Gasteiger partial charge in [-0.1, -0.05) is 12.2 Å². The van der Waals surface area contributed by atoms with Crippen LogP contribution in [0.15, 0.2) is 48.7 Å². The molecule has 0 unspecified atom stereocenters. The molecular weight excluding hydrogens is 414 g/mol. The Labute approximate surface area is 192 Å². The Kier molecular flexibility index (Phi) is 4.83. The summed E-state index contributed by atoms with van der Waals surface area (Å²) in [6.45, 7) is 4.26. The molecule has 3 aliphatic rings. The Morgan fingerprint density at radius 1 is 1.09 bits per heavy atom. The number of allylic oxidation sites excluding steroid dienone is 1. The van der Waals surface area contributed by atoms with Crippen molar-refractivity contribution in [3.63, 3.8) is 0 Å². The van der Waals surface area contributed by atoms with Crippen LogP contribution in [0.5, 0.6) is 0 Å². The van der Waals surface area contributed by atoms with E-state index in [0.29, 0.717) is 11.6 Å². The van der Waals surface area contributed by atoms with E-state index in [1.165, 1.54) is 5.69 Å². The number of fused-ring (bicyclic) bond motifs is 3. The average Bonchev–Trinajstić information content (AvgIpc) is 3.55. The highest BCUT2D eigenvalue weighted by atomic mass is 16.1. The highest BCUT2D eigenvalue weighted by Crippen LogP contribution is 2.45. The standard InChI is InChI=1S/C25H29N7O/c1-31-10-12-32(13-11-31)18-6-4-15(5-7-18)24-29-22-19(8-9-27-25(22)30-24)28-21-17-3-2-16(14-17)20(21)23(26)33/h2-9,16-17,20-21H,10-14H2,1H3,(H2,26,33)(H2,27,28,29,30)/t16-,17+,20+,21-/m1/s1. The second-order valence-corrected chi connectivity index (χ2v) is 9.53. The van der Waals surface area contributed by atoms with Crippen molar-refractivity contribution >= 4 is 28.4 Å². The van der Waals surface area contributed by atoms with Crippen molar-refractivity contribution in [3.05, 3.63) is 48.7 Å². The number of carbonyl (C=O) groups excluding carboxylic acids is 1. The summed E-state index contributed by atoms with van der Waals surface area (Å²) < 4.78 is 0. The van der Waals surface area contributed by atoms with Gasteiger partial charge in [0.05, 0.1) is 11.6 Å². The third kappa shape index (κ3) is 3.54. The minimum Gasteiger partial charge on any atom is -0.379 e. The number of likely N-dealkylation sites (N-methyl/N-ethyl adjacent to an activating group) is 1. The third-order valence-electron chi connectivity index (χ3n) is 7.51. The van der Waals surface area contributed by atoms with E-state index in [0.717, 1.165) is 55.2 Å². The van der Waals surface area contributed by atoms with E-state index in [-0.39, 0.29) is 23.8 Å². The van der Waals surface area contributed by atoms with Crippen LogP contribution in [0.25, 0.3) is 22.6 Å². The Morgan fingerprint density at radius 3 is 2.61 bits per heavy atom. The molecule has 1 amide bonds. The molecule has 33 heavy (non-hydrogen) atoms. The van der Waals surface area contributed by atoms with Crippen LogP contribution in [-0.4, -0.2) is 65.0 Å². The number of aromatic nitrogens is 3. The first-order chi connectivity index (χ1) is 16.1. The maximum absolute atomic E-state index is 12.1. The summed E-state index contributed by atoms with van der Waals surface area (Å²) in [6.07, 6.45) is 7.09. The predicted octanol–water partition coefficient (Wildman–Crippen LogP) is 2.46. The number of hydrogen-bond donors (Lipinski definition) is 3. The maximum atomic E-state index is 12.1. The van der Waals surface area contributed by atoms with E-state index in [1.807, 2.05) is 6.07 Å². The monoisotopic (exact) mass is 443 g/mol. The van der Waals surface area contributed by atoms with Gasteiger partial charge in [-0.05, 0) is 55.6 Å². The Balaban J connectivity index is 1.26. The Morgan fingerprint density at radius 2 is 1.85 bits per heavy atom. The molecule has 1 aliphatic heterocycles. The zero-order chi connectivity index (χ0) is 22.5. The van der Waals surface area contributed by atoms with Crippen molar-refractivity contribution in [2.45, 2.75) is 12.5 Å². The first kappa shape index (κ1) is 20.2. The largest absolute Gasteiger partial charge is 0.379 e. The Bertz CT molecular complexity index is 1210. The van der Waals surface area contributed by atoms with Gasteiger partial charge in [-0.2, -0.15) is 0 Å². The second kappa shape index (κ2) is 7.88. The topological polar surface area (TPSA) is 103 Å². The fourth-order valence-electron chi connectivity index (χ4n) is 5.65. The number of rotatable bonds is 5. The normalized spacial score (nSPS) is 26.9. The number of piperazine rings is 1. The zero-order valence-corrected chi connectivity index (χ0v) is 18.7. The number of imidazole rings is 1. The number of carbonyl (C=O) groups is 1. The number of primary amides is 1. The minimum atomic E-state index is -0.236. The number of anilines is 2. The van der Waals surface area contributed by atoms with E-state index in [4.69, 9.17) is 10.7 Å². The number of pyridine rings is 1. The fourth-order valence-corrected chi connectivity index (χ4v) is 5.65. The lowest BCUT2D eigenvalue weighted by molar-refractivity contribution is -0.122. The molecule has 8 heteroatoms. The number of nitrogens with zero attached hydrogens (tertiary/aromatic N) is 4. The summed E-state index contributed by atoms with van der Waals surface area (Å²) in [4.78, 5) is 29.6. The van der Waals surface area contributed by atoms with E-state index >= 15 is 0 Å². The number of amides is 1. The summed E-state index contributed by atoms with van der Waals surface area (Å²) in [6, 6.07) is 10.5. The van der Waals surface area contributed by atoms with Crippen molar-refractivity contribution < 1.29 is 4.79 Å². The molecular formula is C25H29N7O. The molecule has 4 N–H and O–H groups in total. The highest BCUT2D eigenvalue weighted by molar-refractivity contribution is 5.88. The lowest BCUT2D eigenvalue weighted by atomic mass is 9.88. The number of aromatic amines is 1. The van der Waals surface area contributed by atoms with Crippen molar-refractivity contribution in [2.24, 2.45) is 23.5 Å². The van der Waals surface area contributed by atoms with E-state index in [2.05, 4.69) is 68.5 Å². The van der Waals surface area contributed by atoms with Crippen LogP contribution in [0.3, 0.4) is 0 Å². The molecule has 0 spiro atoms. The first-order valence-corrected chi connectivity index (χ1v) is 11.7. The summed E-state index contributed by atoms with van der Waals surface area (Å²) in [7, 11) is 2.17. The van der Waals surface area contributed by atoms with Crippen molar-refractivity contribution in [2.75, 3.05) is 43.4 Å². The van der Waals surface area contributed by atoms with Crippen LogP contribution in [0, 0.1) is 17.8 Å². The third-order valence-corrected chi connectivity index (χ3v) is 7.51.